The number of hydrogen-bond acceptors (Lipinski definition) is 5. The Kier molecular flexibility index (Phi) is 4.89. The van der Waals surface area contributed by atoms with Crippen LogP contribution in [-0.4, -0.2) is 45.7 Å². The van der Waals surface area contributed by atoms with Gasteiger partial charge in [0.2, 0.25) is 5.91 Å². The Balaban J connectivity index is 1.56. The lowest BCUT2D eigenvalue weighted by Crippen LogP contribution is -2.33. The minimum absolute atomic E-state index is 0.172. The Bertz CT molecular complexity index is 1100. The molecule has 0 radical (unpaired) electrons. The minimum Gasteiger partial charge on any atom is -0.442 e. The van der Waals surface area contributed by atoms with Gasteiger partial charge in [-0.25, -0.2) is 14.2 Å². The normalized spacial score (nSPS) is 16.3. The van der Waals surface area contributed by atoms with E-state index in [9.17, 15) is 19.1 Å². The van der Waals surface area contributed by atoms with Crippen LogP contribution in [0.5, 0.6) is 0 Å². The predicted octanol–water partition coefficient (Wildman–Crippen LogP) is 2.09. The molecule has 2 amide bonds. The number of pyridine rings is 1. The predicted molar refractivity (Wildman–Crippen MR) is 103 cm³/mol. The maximum Gasteiger partial charge on any atom is 0.414 e. The number of fused-ring (bicyclic) bond motifs is 1. The van der Waals surface area contributed by atoms with Crippen molar-refractivity contribution in [1.29, 1.82) is 0 Å². The van der Waals surface area contributed by atoms with Gasteiger partial charge in [0.25, 0.3) is 0 Å². The van der Waals surface area contributed by atoms with Crippen molar-refractivity contribution in [3.05, 3.63) is 54.2 Å². The number of aliphatic hydroxyl groups excluding tert-OH is 1. The molecule has 1 saturated heterocycles. The van der Waals surface area contributed by atoms with Crippen molar-refractivity contribution in [3.63, 3.8) is 0 Å². The van der Waals surface area contributed by atoms with Crippen LogP contribution in [0.3, 0.4) is 0 Å². The third kappa shape index (κ3) is 3.77. The Morgan fingerprint density at radius 1 is 1.34 bits per heavy atom. The van der Waals surface area contributed by atoms with E-state index < -0.39 is 18.0 Å². The Hall–Kier alpha value is -3.46. The molecule has 150 valence electrons. The van der Waals surface area contributed by atoms with Crippen molar-refractivity contribution in [3.8, 4) is 11.1 Å². The van der Waals surface area contributed by atoms with Crippen LogP contribution in [0.4, 0.5) is 14.9 Å². The van der Waals surface area contributed by atoms with Gasteiger partial charge in [-0.15, -0.1) is 0 Å². The average Bonchev–Trinajstić information content (AvgIpc) is 3.28. The molecule has 0 bridgehead atoms. The number of hydrogen-bond donors (Lipinski definition) is 2. The number of carbonyl (C=O) groups excluding carboxylic acids is 2. The van der Waals surface area contributed by atoms with Gasteiger partial charge in [0.15, 0.2) is 0 Å². The molecule has 1 aliphatic rings. The van der Waals surface area contributed by atoms with E-state index >= 15 is 0 Å². The molecular formula is C20H19FN4O4. The number of halogens is 1. The summed E-state index contributed by atoms with van der Waals surface area (Å²) in [5, 5.41) is 11.8. The summed E-state index contributed by atoms with van der Waals surface area (Å²) in [4.78, 5) is 28.7. The lowest BCUT2D eigenvalue weighted by molar-refractivity contribution is -0.119. The lowest BCUT2D eigenvalue weighted by Gasteiger charge is -2.14. The van der Waals surface area contributed by atoms with E-state index in [-0.39, 0.29) is 25.6 Å². The zero-order valence-corrected chi connectivity index (χ0v) is 15.6. The zero-order chi connectivity index (χ0) is 20.5. The average molecular weight is 398 g/mol. The molecule has 2 N–H and O–H groups in total. The summed E-state index contributed by atoms with van der Waals surface area (Å²) in [6.45, 7) is 1.64. The van der Waals surface area contributed by atoms with Gasteiger partial charge in [-0.05, 0) is 30.3 Å². The summed E-state index contributed by atoms with van der Waals surface area (Å²) in [5.74, 6) is -0.696. The number of carbonyl (C=O) groups is 2. The number of amides is 2. The van der Waals surface area contributed by atoms with Gasteiger partial charge < -0.3 is 19.6 Å². The van der Waals surface area contributed by atoms with Gasteiger partial charge in [0.1, 0.15) is 17.6 Å². The van der Waals surface area contributed by atoms with E-state index in [1.54, 1.807) is 41.1 Å². The number of imidazole rings is 1. The van der Waals surface area contributed by atoms with Crippen LogP contribution in [0.2, 0.25) is 0 Å². The molecule has 1 aromatic carbocycles. The molecule has 4 rings (SSSR count). The molecule has 0 saturated carbocycles. The van der Waals surface area contributed by atoms with Crippen LogP contribution >= 0.6 is 0 Å². The van der Waals surface area contributed by atoms with Gasteiger partial charge in [0, 0.05) is 30.4 Å². The molecule has 1 atom stereocenters. The van der Waals surface area contributed by atoms with Crippen LogP contribution < -0.4 is 10.2 Å². The van der Waals surface area contributed by atoms with E-state index in [1.165, 1.54) is 17.9 Å². The largest absolute Gasteiger partial charge is 0.442 e. The maximum atomic E-state index is 14.8. The first kappa shape index (κ1) is 18.9. The second kappa shape index (κ2) is 7.51. The lowest BCUT2D eigenvalue weighted by atomic mass is 10.1. The molecule has 3 aromatic rings. The van der Waals surface area contributed by atoms with Crippen molar-refractivity contribution < 1.29 is 23.8 Å². The first-order chi connectivity index (χ1) is 13.9. The van der Waals surface area contributed by atoms with E-state index in [1.807, 2.05) is 0 Å². The smallest absolute Gasteiger partial charge is 0.414 e. The highest BCUT2D eigenvalue weighted by molar-refractivity contribution is 5.90. The molecule has 0 aliphatic carbocycles. The number of aliphatic hydroxyl groups is 1. The van der Waals surface area contributed by atoms with Crippen LogP contribution in [0.1, 0.15) is 12.6 Å². The molecule has 8 nitrogen and oxygen atoms in total. The molecule has 29 heavy (non-hydrogen) atoms. The highest BCUT2D eigenvalue weighted by Gasteiger charge is 2.32. The van der Waals surface area contributed by atoms with Gasteiger partial charge in [-0.1, -0.05) is 0 Å². The third-order valence-corrected chi connectivity index (χ3v) is 4.69. The number of nitrogens with zero attached hydrogens (tertiary/aromatic N) is 3. The second-order valence-electron chi connectivity index (χ2n) is 6.79. The molecule has 0 unspecified atom stereocenters. The van der Waals surface area contributed by atoms with Crippen molar-refractivity contribution in [2.45, 2.75) is 19.6 Å². The Morgan fingerprint density at radius 3 is 2.90 bits per heavy atom. The van der Waals surface area contributed by atoms with E-state index in [2.05, 4.69) is 10.3 Å². The number of nitrogens with one attached hydrogen (secondary N) is 1. The van der Waals surface area contributed by atoms with Crippen LogP contribution in [0.15, 0.2) is 42.7 Å². The number of anilines is 1. The fourth-order valence-corrected chi connectivity index (χ4v) is 3.28. The molecule has 2 aromatic heterocycles. The van der Waals surface area contributed by atoms with E-state index in [4.69, 9.17) is 4.74 Å². The third-order valence-electron chi connectivity index (χ3n) is 4.69. The van der Waals surface area contributed by atoms with E-state index in [0.29, 0.717) is 28.2 Å². The summed E-state index contributed by atoms with van der Waals surface area (Å²) in [5.41, 5.74) is 2.57. The number of rotatable bonds is 5. The van der Waals surface area contributed by atoms with Crippen molar-refractivity contribution >= 4 is 23.3 Å². The molecule has 1 fully saturated rings. The number of benzene rings is 1. The molecule has 3 heterocycles. The van der Waals surface area contributed by atoms with Gasteiger partial charge in [-0.3, -0.25) is 9.69 Å². The summed E-state index contributed by atoms with van der Waals surface area (Å²) in [6, 6.07) is 8.03. The number of aromatic nitrogens is 2. The van der Waals surface area contributed by atoms with Crippen molar-refractivity contribution in [2.24, 2.45) is 0 Å². The highest BCUT2D eigenvalue weighted by atomic mass is 19.1. The number of ether oxygens (including phenoxy) is 1. The monoisotopic (exact) mass is 398 g/mol. The molecule has 1 aliphatic heterocycles. The Morgan fingerprint density at radius 2 is 2.17 bits per heavy atom. The second-order valence-corrected chi connectivity index (χ2v) is 6.79. The zero-order valence-electron chi connectivity index (χ0n) is 15.6. The quantitative estimate of drug-likeness (QED) is 0.686. The topological polar surface area (TPSA) is 96.2 Å². The van der Waals surface area contributed by atoms with Gasteiger partial charge >= 0.3 is 6.09 Å². The highest BCUT2D eigenvalue weighted by Crippen LogP contribution is 2.29. The first-order valence-corrected chi connectivity index (χ1v) is 9.05. The number of cyclic esters (lactones) is 1. The first-order valence-electron chi connectivity index (χ1n) is 9.05. The summed E-state index contributed by atoms with van der Waals surface area (Å²) >= 11 is 0. The molecular weight excluding hydrogens is 379 g/mol. The van der Waals surface area contributed by atoms with Crippen LogP contribution in [0.25, 0.3) is 16.8 Å². The SMILES string of the molecule is CC(=O)NC[C@H]1CN(c2ccc(-c3ccc4nc(CO)cn4c3)c(F)c2)C(=O)O1. The standard InChI is InChI=1S/C20H19FN4O4/c1-12(27)22-7-16-10-25(20(28)29-16)15-3-4-17(18(21)6-15)13-2-5-19-23-14(11-26)9-24(19)8-13/h2-6,8-9,16,26H,7,10-11H2,1H3,(H,22,27)/t16-/m0/s1. The minimum atomic E-state index is -0.580. The summed E-state index contributed by atoms with van der Waals surface area (Å²) in [6.07, 6.45) is 2.34. The molecule has 9 heteroatoms. The Labute approximate surface area is 165 Å². The van der Waals surface area contributed by atoms with Crippen LogP contribution in [0, 0.1) is 5.82 Å². The fraction of sp³-hybridized carbons (Fsp3) is 0.250. The summed E-state index contributed by atoms with van der Waals surface area (Å²) < 4.78 is 21.8. The van der Waals surface area contributed by atoms with Crippen LogP contribution in [-0.2, 0) is 16.1 Å². The summed E-state index contributed by atoms with van der Waals surface area (Å²) in [7, 11) is 0. The van der Waals surface area contributed by atoms with Crippen molar-refractivity contribution in [2.75, 3.05) is 18.0 Å². The maximum absolute atomic E-state index is 14.8. The van der Waals surface area contributed by atoms with Crippen molar-refractivity contribution in [1.82, 2.24) is 14.7 Å². The molecule has 0 spiro atoms. The van der Waals surface area contributed by atoms with E-state index in [0.717, 1.165) is 0 Å². The fourth-order valence-electron chi connectivity index (χ4n) is 3.28. The van der Waals surface area contributed by atoms with Gasteiger partial charge in [0.05, 0.1) is 31.1 Å². The van der Waals surface area contributed by atoms with Gasteiger partial charge in [-0.2, -0.15) is 0 Å².